The minimum Gasteiger partial charge on any atom is -0.354 e. The van der Waals surface area contributed by atoms with E-state index in [-0.39, 0.29) is 5.56 Å². The number of pyridine rings is 2. The van der Waals surface area contributed by atoms with E-state index in [1.54, 1.807) is 17.0 Å². The van der Waals surface area contributed by atoms with Gasteiger partial charge in [-0.3, -0.25) is 9.78 Å². The highest BCUT2D eigenvalue weighted by Gasteiger charge is 2.22. The van der Waals surface area contributed by atoms with Crippen LogP contribution in [0.4, 0.5) is 0 Å². The molecule has 0 radical (unpaired) electrons. The number of piperidine rings is 1. The molecule has 4 heterocycles. The average molecular weight is 441 g/mol. The number of hydrogen-bond acceptors (Lipinski definition) is 3. The van der Waals surface area contributed by atoms with Gasteiger partial charge < -0.3 is 14.5 Å². The summed E-state index contributed by atoms with van der Waals surface area (Å²) in [5.74, 6) is 0.972. The summed E-state index contributed by atoms with van der Waals surface area (Å²) in [4.78, 5) is 23.2. The van der Waals surface area contributed by atoms with Crippen molar-refractivity contribution in [3.8, 4) is 22.4 Å². The van der Waals surface area contributed by atoms with E-state index in [0.717, 1.165) is 35.4 Å². The molecule has 5 nitrogen and oxygen atoms in total. The van der Waals surface area contributed by atoms with E-state index in [1.807, 2.05) is 31.4 Å². The number of likely N-dealkylation sites (tertiary alicyclic amines) is 1. The first-order chi connectivity index (χ1) is 15.9. The number of aryl methyl sites for hydroxylation is 1. The molecule has 4 aromatic rings. The smallest absolute Gasteiger partial charge is 0.258 e. The molecule has 1 aliphatic heterocycles. The summed E-state index contributed by atoms with van der Waals surface area (Å²) in [7, 11) is 4.03. The number of rotatable bonds is 4. The Morgan fingerprint density at radius 3 is 2.55 bits per heavy atom. The Labute approximate surface area is 195 Å². The van der Waals surface area contributed by atoms with Gasteiger partial charge in [0.1, 0.15) is 0 Å². The summed E-state index contributed by atoms with van der Waals surface area (Å²) in [6, 6.07) is 12.8. The number of hydrogen-bond donors (Lipinski definition) is 1. The molecule has 0 bridgehead atoms. The lowest BCUT2D eigenvalue weighted by molar-refractivity contribution is 0.255. The summed E-state index contributed by atoms with van der Waals surface area (Å²) in [5, 5.41) is 1.30. The maximum atomic E-state index is 12.9. The summed E-state index contributed by atoms with van der Waals surface area (Å²) in [6.07, 6.45) is 7.85. The lowest BCUT2D eigenvalue weighted by Gasteiger charge is -2.29. The molecule has 1 aliphatic rings. The van der Waals surface area contributed by atoms with Gasteiger partial charge in [-0.2, -0.15) is 0 Å². The number of nitrogens with one attached hydrogen (secondary N) is 1. The van der Waals surface area contributed by atoms with Crippen molar-refractivity contribution in [2.45, 2.75) is 38.5 Å². The van der Waals surface area contributed by atoms with Gasteiger partial charge in [0.25, 0.3) is 5.56 Å². The van der Waals surface area contributed by atoms with Gasteiger partial charge in [-0.15, -0.1) is 0 Å². The average Bonchev–Trinajstić information content (AvgIpc) is 3.21. The third-order valence-corrected chi connectivity index (χ3v) is 7.07. The van der Waals surface area contributed by atoms with Crippen LogP contribution < -0.4 is 5.56 Å². The molecule has 3 aromatic heterocycles. The predicted octanol–water partition coefficient (Wildman–Crippen LogP) is 5.53. The van der Waals surface area contributed by atoms with Crippen molar-refractivity contribution in [3.05, 3.63) is 76.5 Å². The summed E-state index contributed by atoms with van der Waals surface area (Å²) in [5.41, 5.74) is 7.53. The summed E-state index contributed by atoms with van der Waals surface area (Å²) < 4.78 is 1.68. The molecule has 1 fully saturated rings. The van der Waals surface area contributed by atoms with Crippen LogP contribution in [-0.2, 0) is 7.05 Å². The standard InChI is InChI=1S/C28H32N4O/c1-18(2)26-24-14-20(19-9-12-31(3)13-10-19)7-8-25(24)30-27(26)22-15-23(28(33)32(4)17-22)21-6-5-11-29-16-21/h5-8,11,14-19,30H,9-10,12-13H2,1-4H3. The van der Waals surface area contributed by atoms with Crippen LogP contribution in [0.5, 0.6) is 0 Å². The number of fused-ring (bicyclic) bond motifs is 1. The van der Waals surface area contributed by atoms with E-state index in [1.165, 1.54) is 29.4 Å². The zero-order chi connectivity index (χ0) is 23.1. The maximum Gasteiger partial charge on any atom is 0.258 e. The number of H-pyrrole nitrogens is 1. The highest BCUT2D eigenvalue weighted by molar-refractivity contribution is 5.92. The molecular weight excluding hydrogens is 408 g/mol. The zero-order valence-corrected chi connectivity index (χ0v) is 19.9. The van der Waals surface area contributed by atoms with Crippen molar-refractivity contribution in [1.82, 2.24) is 19.4 Å². The van der Waals surface area contributed by atoms with Crippen LogP contribution in [0.15, 0.2) is 59.8 Å². The van der Waals surface area contributed by atoms with E-state index in [2.05, 4.69) is 54.0 Å². The van der Waals surface area contributed by atoms with Crippen LogP contribution in [-0.4, -0.2) is 39.6 Å². The molecule has 0 unspecified atom stereocenters. The molecule has 5 heteroatoms. The number of benzene rings is 1. The van der Waals surface area contributed by atoms with Crippen molar-refractivity contribution in [1.29, 1.82) is 0 Å². The predicted molar refractivity (Wildman–Crippen MR) is 136 cm³/mol. The van der Waals surface area contributed by atoms with E-state index < -0.39 is 0 Å². The van der Waals surface area contributed by atoms with Crippen molar-refractivity contribution in [3.63, 3.8) is 0 Å². The molecule has 0 saturated carbocycles. The Kier molecular flexibility index (Phi) is 5.67. The summed E-state index contributed by atoms with van der Waals surface area (Å²) in [6.45, 7) is 6.82. The minimum absolute atomic E-state index is 0.0153. The minimum atomic E-state index is -0.0153. The third kappa shape index (κ3) is 4.02. The lowest BCUT2D eigenvalue weighted by atomic mass is 9.87. The summed E-state index contributed by atoms with van der Waals surface area (Å²) >= 11 is 0. The second kappa shape index (κ2) is 8.64. The van der Waals surface area contributed by atoms with Crippen molar-refractivity contribution in [2.75, 3.05) is 20.1 Å². The van der Waals surface area contributed by atoms with Gasteiger partial charge in [-0.1, -0.05) is 26.0 Å². The van der Waals surface area contributed by atoms with Gasteiger partial charge in [-0.25, -0.2) is 0 Å². The SMILES string of the molecule is CC(C)c1c(-c2cc(-c3cccnc3)c(=O)n(C)c2)[nH]c2ccc(C3CCN(C)CC3)cc12. The molecule has 0 amide bonds. The second-order valence-corrected chi connectivity index (χ2v) is 9.75. The Morgan fingerprint density at radius 1 is 1.06 bits per heavy atom. The first-order valence-corrected chi connectivity index (χ1v) is 11.9. The van der Waals surface area contributed by atoms with E-state index >= 15 is 0 Å². The van der Waals surface area contributed by atoms with Crippen LogP contribution in [0.25, 0.3) is 33.3 Å². The van der Waals surface area contributed by atoms with Crippen LogP contribution >= 0.6 is 0 Å². The fourth-order valence-corrected chi connectivity index (χ4v) is 5.23. The largest absolute Gasteiger partial charge is 0.354 e. The molecule has 170 valence electrons. The topological polar surface area (TPSA) is 53.9 Å². The first kappa shape index (κ1) is 21.7. The van der Waals surface area contributed by atoms with Gasteiger partial charge in [0, 0.05) is 53.2 Å². The lowest BCUT2D eigenvalue weighted by Crippen LogP contribution is -2.29. The Hall–Kier alpha value is -3.18. The van der Waals surface area contributed by atoms with Crippen LogP contribution in [0.1, 0.15) is 49.7 Å². The first-order valence-electron chi connectivity index (χ1n) is 11.9. The fraction of sp³-hybridized carbons (Fsp3) is 0.357. The normalized spacial score (nSPS) is 15.5. The molecule has 0 spiro atoms. The highest BCUT2D eigenvalue weighted by atomic mass is 16.1. The maximum absolute atomic E-state index is 12.9. The third-order valence-electron chi connectivity index (χ3n) is 7.07. The Morgan fingerprint density at radius 2 is 1.85 bits per heavy atom. The quantitative estimate of drug-likeness (QED) is 0.454. The van der Waals surface area contributed by atoms with Gasteiger partial charge in [-0.05, 0) is 80.2 Å². The molecule has 5 rings (SSSR count). The van der Waals surface area contributed by atoms with E-state index in [9.17, 15) is 4.79 Å². The van der Waals surface area contributed by atoms with Crippen molar-refractivity contribution >= 4 is 10.9 Å². The van der Waals surface area contributed by atoms with Crippen LogP contribution in [0.2, 0.25) is 0 Å². The molecule has 0 aliphatic carbocycles. The molecule has 0 atom stereocenters. The van der Waals surface area contributed by atoms with Crippen LogP contribution in [0.3, 0.4) is 0 Å². The van der Waals surface area contributed by atoms with E-state index in [4.69, 9.17) is 0 Å². The van der Waals surface area contributed by atoms with Crippen molar-refractivity contribution < 1.29 is 0 Å². The Bertz CT molecular complexity index is 1340. The Balaban J connectivity index is 1.65. The number of aromatic amines is 1. The van der Waals surface area contributed by atoms with Crippen LogP contribution in [0, 0.1) is 0 Å². The number of aromatic nitrogens is 3. The zero-order valence-electron chi connectivity index (χ0n) is 19.9. The molecule has 1 N–H and O–H groups in total. The van der Waals surface area contributed by atoms with E-state index in [0.29, 0.717) is 17.4 Å². The molecule has 1 saturated heterocycles. The van der Waals surface area contributed by atoms with Crippen molar-refractivity contribution in [2.24, 2.45) is 7.05 Å². The van der Waals surface area contributed by atoms with Gasteiger partial charge in [0.05, 0.1) is 5.69 Å². The van der Waals surface area contributed by atoms with Gasteiger partial charge in [0.15, 0.2) is 0 Å². The molecule has 1 aromatic carbocycles. The molecule has 33 heavy (non-hydrogen) atoms. The number of nitrogens with zero attached hydrogens (tertiary/aromatic N) is 3. The molecular formula is C28H32N4O. The van der Waals surface area contributed by atoms with Gasteiger partial charge in [0.2, 0.25) is 0 Å². The monoisotopic (exact) mass is 440 g/mol. The van der Waals surface area contributed by atoms with Gasteiger partial charge >= 0.3 is 0 Å². The fourth-order valence-electron chi connectivity index (χ4n) is 5.23. The highest BCUT2D eigenvalue weighted by Crippen LogP contribution is 2.38. The second-order valence-electron chi connectivity index (χ2n) is 9.75.